The maximum atomic E-state index is 13.8. The van der Waals surface area contributed by atoms with E-state index in [-0.39, 0.29) is 17.0 Å². The monoisotopic (exact) mass is 670 g/mol. The van der Waals surface area contributed by atoms with Gasteiger partial charge in [0.05, 0.1) is 19.1 Å². The second kappa shape index (κ2) is 15.7. The number of unbranched alkanes of at least 4 members (excludes halogenated alkanes) is 1. The van der Waals surface area contributed by atoms with Gasteiger partial charge in [-0.1, -0.05) is 73.7 Å². The van der Waals surface area contributed by atoms with Crippen molar-refractivity contribution in [3.05, 3.63) is 91.6 Å². The molecule has 10 heteroatoms. The number of thioether (sulfide) groups is 1. The number of nitriles is 1. The summed E-state index contributed by atoms with van der Waals surface area (Å²) in [4.78, 5) is 32.0. The van der Waals surface area contributed by atoms with Crippen LogP contribution in [0.5, 0.6) is 11.5 Å². The number of carbonyl (C=O) groups is 1. The van der Waals surface area contributed by atoms with E-state index in [1.807, 2.05) is 37.3 Å². The molecule has 1 aromatic heterocycles. The number of methoxy groups -OCH3 is 2. The number of carbonyl (C=O) groups excluding carboxylic acids is 1. The van der Waals surface area contributed by atoms with E-state index in [1.54, 1.807) is 23.7 Å². The van der Waals surface area contributed by atoms with Gasteiger partial charge in [0.25, 0.3) is 11.5 Å². The van der Waals surface area contributed by atoms with E-state index in [2.05, 4.69) is 42.2 Å². The maximum Gasteiger partial charge on any atom is 0.270 e. The van der Waals surface area contributed by atoms with E-state index >= 15 is 0 Å². The Balaban J connectivity index is 1.45. The largest absolute Gasteiger partial charge is 0.493 e. The van der Waals surface area contributed by atoms with Gasteiger partial charge in [0.1, 0.15) is 21.8 Å². The topological polar surface area (TPSA) is 87.8 Å². The summed E-state index contributed by atoms with van der Waals surface area (Å²) in [6.07, 6.45) is 7.18. The number of hydrogen-bond acceptors (Lipinski definition) is 8. The molecule has 0 radical (unpaired) electrons. The summed E-state index contributed by atoms with van der Waals surface area (Å²) in [7, 11) is 3.20. The molecule has 2 saturated heterocycles. The van der Waals surface area contributed by atoms with Crippen LogP contribution >= 0.6 is 24.0 Å². The van der Waals surface area contributed by atoms with Gasteiger partial charge in [-0.2, -0.15) is 5.26 Å². The average molecular weight is 671 g/mol. The number of piperidine rings is 1. The summed E-state index contributed by atoms with van der Waals surface area (Å²) < 4.78 is 13.1. The Hall–Kier alpha value is -4.07. The van der Waals surface area contributed by atoms with Crippen molar-refractivity contribution >= 4 is 46.1 Å². The first kappa shape index (κ1) is 34.3. The predicted octanol–water partition coefficient (Wildman–Crippen LogP) is 6.75. The van der Waals surface area contributed by atoms with Crippen LogP contribution in [0.25, 0.3) is 6.08 Å². The Morgan fingerprint density at radius 1 is 1.02 bits per heavy atom. The van der Waals surface area contributed by atoms with E-state index in [1.165, 1.54) is 17.3 Å². The quantitative estimate of drug-likeness (QED) is 0.155. The Kier molecular flexibility index (Phi) is 11.4. The molecule has 2 aromatic carbocycles. The number of amides is 1. The fraction of sp³-hybridized carbons (Fsp3) is 0.405. The molecule has 1 amide bonds. The highest BCUT2D eigenvalue weighted by molar-refractivity contribution is 8.26. The Bertz CT molecular complexity index is 1750. The number of aromatic nitrogens is 1. The molecule has 0 saturated carbocycles. The van der Waals surface area contributed by atoms with Crippen molar-refractivity contribution in [1.29, 1.82) is 5.26 Å². The highest BCUT2D eigenvalue weighted by Crippen LogP contribution is 2.37. The Labute approximate surface area is 287 Å². The molecule has 47 heavy (non-hydrogen) atoms. The van der Waals surface area contributed by atoms with Crippen LogP contribution in [0.15, 0.2) is 58.2 Å². The molecule has 0 N–H and O–H groups in total. The zero-order chi connectivity index (χ0) is 33.5. The number of thiocarbonyl (C=S) groups is 1. The lowest BCUT2D eigenvalue weighted by Gasteiger charge is -2.36. The number of anilines is 1. The number of hydrogen-bond donors (Lipinski definition) is 0. The molecule has 0 spiro atoms. The molecular weight excluding hydrogens is 629 g/mol. The molecular formula is C37H42N4O4S2. The van der Waals surface area contributed by atoms with Crippen molar-refractivity contribution in [2.75, 3.05) is 38.8 Å². The van der Waals surface area contributed by atoms with Crippen LogP contribution in [0, 0.1) is 24.2 Å². The van der Waals surface area contributed by atoms with Crippen LogP contribution in [0.2, 0.25) is 0 Å². The third kappa shape index (κ3) is 7.58. The van der Waals surface area contributed by atoms with Crippen LogP contribution < -0.4 is 19.9 Å². The number of benzene rings is 2. The maximum absolute atomic E-state index is 13.8. The van der Waals surface area contributed by atoms with Gasteiger partial charge in [-0.05, 0) is 79.8 Å². The van der Waals surface area contributed by atoms with E-state index in [0.29, 0.717) is 51.7 Å². The summed E-state index contributed by atoms with van der Waals surface area (Å²) >= 11 is 6.96. The van der Waals surface area contributed by atoms with Crippen molar-refractivity contribution in [2.24, 2.45) is 5.92 Å². The summed E-state index contributed by atoms with van der Waals surface area (Å²) in [5.74, 6) is 2.46. The standard InChI is InChI=1S/C37H42N4O4S2/c1-5-6-17-40-34(39-18-14-28(15-19-39)21-26-10-8-7-9-11-26)29(25(2)30(24-38)35(40)42)23-33-36(43)41(37(46)47-33)20-16-27-12-13-31(44-3)32(22-27)45-4/h7-13,22-23,28H,5-6,14-21H2,1-4H3. The molecule has 2 fully saturated rings. The first-order valence-electron chi connectivity index (χ1n) is 16.2. The average Bonchev–Trinajstić information content (AvgIpc) is 3.36. The van der Waals surface area contributed by atoms with Gasteiger partial charge in [-0.25, -0.2) is 0 Å². The minimum absolute atomic E-state index is 0.124. The van der Waals surface area contributed by atoms with Gasteiger partial charge < -0.3 is 14.4 Å². The molecule has 0 bridgehead atoms. The first-order chi connectivity index (χ1) is 22.8. The lowest BCUT2D eigenvalue weighted by Crippen LogP contribution is -2.40. The SMILES string of the molecule is CCCCn1c(N2CCC(Cc3ccccc3)CC2)c(C=C2SC(=S)N(CCc3ccc(OC)c(OC)c3)C2=O)c(C)c(C#N)c1=O. The third-order valence-corrected chi connectivity index (χ3v) is 10.5. The summed E-state index contributed by atoms with van der Waals surface area (Å²) in [5, 5.41) is 10.1. The number of nitrogens with zero attached hydrogens (tertiary/aromatic N) is 4. The van der Waals surface area contributed by atoms with Gasteiger partial charge in [0.15, 0.2) is 11.5 Å². The normalized spacial score (nSPS) is 16.2. The molecule has 0 aliphatic carbocycles. The molecule has 0 atom stereocenters. The minimum Gasteiger partial charge on any atom is -0.493 e. The molecule has 0 unspecified atom stereocenters. The summed E-state index contributed by atoms with van der Waals surface area (Å²) in [6, 6.07) is 18.5. The fourth-order valence-electron chi connectivity index (χ4n) is 6.41. The Morgan fingerprint density at radius 2 is 1.74 bits per heavy atom. The Morgan fingerprint density at radius 3 is 2.40 bits per heavy atom. The lowest BCUT2D eigenvalue weighted by molar-refractivity contribution is -0.122. The first-order valence-corrected chi connectivity index (χ1v) is 17.4. The van der Waals surface area contributed by atoms with Gasteiger partial charge >= 0.3 is 0 Å². The molecule has 2 aliphatic heterocycles. The third-order valence-electron chi connectivity index (χ3n) is 9.08. The molecule has 3 heterocycles. The number of rotatable bonds is 12. The van der Waals surface area contributed by atoms with E-state index in [4.69, 9.17) is 21.7 Å². The minimum atomic E-state index is -0.264. The van der Waals surface area contributed by atoms with Crippen LogP contribution in [-0.4, -0.2) is 53.5 Å². The molecule has 3 aromatic rings. The lowest BCUT2D eigenvalue weighted by atomic mass is 9.90. The molecule has 246 valence electrons. The zero-order valence-corrected chi connectivity index (χ0v) is 29.2. The molecule has 5 rings (SSSR count). The van der Waals surface area contributed by atoms with Crippen molar-refractivity contribution in [2.45, 2.75) is 58.9 Å². The van der Waals surface area contributed by atoms with Gasteiger partial charge in [0, 0.05) is 31.7 Å². The van der Waals surface area contributed by atoms with Crippen molar-refractivity contribution < 1.29 is 14.3 Å². The van der Waals surface area contributed by atoms with Gasteiger partial charge in [-0.3, -0.25) is 19.1 Å². The van der Waals surface area contributed by atoms with Gasteiger partial charge in [0.2, 0.25) is 0 Å². The van der Waals surface area contributed by atoms with E-state index in [9.17, 15) is 14.9 Å². The smallest absolute Gasteiger partial charge is 0.270 e. The zero-order valence-electron chi connectivity index (χ0n) is 27.6. The van der Waals surface area contributed by atoms with Crippen LogP contribution in [0.1, 0.15) is 60.4 Å². The molecule has 2 aliphatic rings. The van der Waals surface area contributed by atoms with Crippen molar-refractivity contribution in [1.82, 2.24) is 9.47 Å². The van der Waals surface area contributed by atoms with Crippen LogP contribution in [0.4, 0.5) is 5.82 Å². The van der Waals surface area contributed by atoms with Crippen molar-refractivity contribution in [3.63, 3.8) is 0 Å². The number of ether oxygens (including phenoxy) is 2. The summed E-state index contributed by atoms with van der Waals surface area (Å²) in [5.41, 5.74) is 3.55. The summed E-state index contributed by atoms with van der Waals surface area (Å²) in [6.45, 7) is 6.42. The second-order valence-corrected chi connectivity index (χ2v) is 13.7. The fourth-order valence-corrected chi connectivity index (χ4v) is 7.70. The highest BCUT2D eigenvalue weighted by atomic mass is 32.2. The van der Waals surface area contributed by atoms with Crippen molar-refractivity contribution in [3.8, 4) is 17.6 Å². The van der Waals surface area contributed by atoms with E-state index in [0.717, 1.165) is 62.1 Å². The van der Waals surface area contributed by atoms with Crippen LogP contribution in [-0.2, 0) is 24.2 Å². The van der Waals surface area contributed by atoms with E-state index < -0.39 is 0 Å². The highest BCUT2D eigenvalue weighted by Gasteiger charge is 2.34. The van der Waals surface area contributed by atoms with Crippen LogP contribution in [0.3, 0.4) is 0 Å². The molecule has 8 nitrogen and oxygen atoms in total. The van der Waals surface area contributed by atoms with Gasteiger partial charge in [-0.15, -0.1) is 0 Å². The predicted molar refractivity (Wildman–Crippen MR) is 193 cm³/mol. The number of pyridine rings is 1. The second-order valence-electron chi connectivity index (χ2n) is 12.1.